The maximum absolute atomic E-state index is 12.0. The molecule has 18 heavy (non-hydrogen) atoms. The molecule has 0 spiro atoms. The van der Waals surface area contributed by atoms with Crippen LogP contribution < -0.4 is 4.72 Å². The van der Waals surface area contributed by atoms with E-state index in [4.69, 9.17) is 23.2 Å². The van der Waals surface area contributed by atoms with Crippen LogP contribution in [0.4, 0.5) is 13.2 Å². The molecule has 0 unspecified atom stereocenters. The van der Waals surface area contributed by atoms with Gasteiger partial charge in [0.1, 0.15) is 11.4 Å². The topological polar surface area (TPSA) is 46.2 Å². The summed E-state index contributed by atoms with van der Waals surface area (Å²) in [4.78, 5) is -0.585. The Morgan fingerprint density at radius 3 is 2.06 bits per heavy atom. The minimum atomic E-state index is -4.67. The van der Waals surface area contributed by atoms with Crippen LogP contribution in [0.1, 0.15) is 0 Å². The Morgan fingerprint density at radius 2 is 1.67 bits per heavy atom. The zero-order chi connectivity index (χ0) is 14.1. The second kappa shape index (κ2) is 5.54. The Morgan fingerprint density at radius 1 is 1.22 bits per heavy atom. The number of nitrogens with one attached hydrogen (secondary N) is 1. The molecule has 0 heterocycles. The highest BCUT2D eigenvalue weighted by atomic mass is 79.9. The van der Waals surface area contributed by atoms with Gasteiger partial charge in [-0.15, -0.1) is 0 Å². The molecule has 1 aromatic carbocycles. The SMILES string of the molecule is O=S(=O)(NCC(F)(F)F)c1c(Cl)cc(Br)cc1Cl. The summed E-state index contributed by atoms with van der Waals surface area (Å²) in [6.45, 7) is -1.70. The van der Waals surface area contributed by atoms with Crippen LogP contribution in [0.3, 0.4) is 0 Å². The summed E-state index contributed by atoms with van der Waals surface area (Å²) in [6.07, 6.45) is -4.67. The Bertz CT molecular complexity index is 539. The van der Waals surface area contributed by atoms with Crippen molar-refractivity contribution in [1.82, 2.24) is 4.72 Å². The van der Waals surface area contributed by atoms with Gasteiger partial charge >= 0.3 is 6.18 Å². The normalized spacial score (nSPS) is 12.8. The van der Waals surface area contributed by atoms with Crippen LogP contribution in [0.15, 0.2) is 21.5 Å². The standard InChI is InChI=1S/C8H5BrCl2F3NO2S/c9-4-1-5(10)7(6(11)2-4)18(16,17)15-3-8(12,13)14/h1-2,15H,3H2. The quantitative estimate of drug-likeness (QED) is 0.862. The van der Waals surface area contributed by atoms with Crippen LogP contribution in [0.5, 0.6) is 0 Å². The van der Waals surface area contributed by atoms with E-state index in [-0.39, 0.29) is 10.0 Å². The average molecular weight is 387 g/mol. The van der Waals surface area contributed by atoms with Gasteiger partial charge in [0.05, 0.1) is 10.0 Å². The maximum Gasteiger partial charge on any atom is 0.402 e. The molecule has 0 aromatic heterocycles. The summed E-state index contributed by atoms with van der Waals surface area (Å²) < 4.78 is 61.0. The molecule has 0 saturated carbocycles. The van der Waals surface area contributed by atoms with Crippen molar-refractivity contribution in [2.75, 3.05) is 6.54 Å². The predicted molar refractivity (Wildman–Crippen MR) is 65.4 cm³/mol. The minimum absolute atomic E-state index is 0.274. The second-order valence-electron chi connectivity index (χ2n) is 3.14. The fraction of sp³-hybridized carbons (Fsp3) is 0.250. The highest BCUT2D eigenvalue weighted by molar-refractivity contribution is 9.10. The van der Waals surface area contributed by atoms with Crippen molar-refractivity contribution in [3.05, 3.63) is 26.7 Å². The molecule has 0 fully saturated rings. The van der Waals surface area contributed by atoms with Gasteiger partial charge in [-0.2, -0.15) is 13.2 Å². The number of sulfonamides is 1. The Balaban J connectivity index is 3.14. The third kappa shape index (κ3) is 4.27. The van der Waals surface area contributed by atoms with Crippen molar-refractivity contribution in [1.29, 1.82) is 0 Å². The summed E-state index contributed by atoms with van der Waals surface area (Å²) in [7, 11) is -4.43. The zero-order valence-electron chi connectivity index (χ0n) is 8.35. The van der Waals surface area contributed by atoms with Gasteiger partial charge in [0, 0.05) is 4.47 Å². The van der Waals surface area contributed by atoms with Crippen molar-refractivity contribution in [3.63, 3.8) is 0 Å². The van der Waals surface area contributed by atoms with E-state index in [1.807, 2.05) is 0 Å². The van der Waals surface area contributed by atoms with Crippen molar-refractivity contribution in [2.24, 2.45) is 0 Å². The largest absolute Gasteiger partial charge is 0.402 e. The summed E-state index contributed by atoms with van der Waals surface area (Å²) in [5, 5.41) is -0.548. The molecule has 0 radical (unpaired) electrons. The van der Waals surface area contributed by atoms with Gasteiger partial charge in [-0.1, -0.05) is 39.1 Å². The fourth-order valence-electron chi connectivity index (χ4n) is 1.03. The average Bonchev–Trinajstić information content (AvgIpc) is 2.11. The van der Waals surface area contributed by atoms with E-state index in [2.05, 4.69) is 15.9 Å². The van der Waals surface area contributed by atoms with Crippen molar-refractivity contribution < 1.29 is 21.6 Å². The van der Waals surface area contributed by atoms with E-state index in [1.54, 1.807) is 0 Å². The highest BCUT2D eigenvalue weighted by Gasteiger charge is 2.31. The van der Waals surface area contributed by atoms with Crippen LogP contribution >= 0.6 is 39.1 Å². The van der Waals surface area contributed by atoms with Crippen LogP contribution in [-0.4, -0.2) is 21.1 Å². The number of benzene rings is 1. The molecule has 0 aliphatic heterocycles. The van der Waals surface area contributed by atoms with E-state index >= 15 is 0 Å². The lowest BCUT2D eigenvalue weighted by Crippen LogP contribution is -2.34. The lowest BCUT2D eigenvalue weighted by atomic mass is 10.4. The molecule has 10 heteroatoms. The van der Waals surface area contributed by atoms with Gasteiger partial charge in [0.25, 0.3) is 0 Å². The van der Waals surface area contributed by atoms with Gasteiger partial charge in [-0.25, -0.2) is 13.1 Å². The summed E-state index contributed by atoms with van der Waals surface area (Å²) in [5.74, 6) is 0. The lowest BCUT2D eigenvalue weighted by Gasteiger charge is -2.12. The van der Waals surface area contributed by atoms with E-state index in [9.17, 15) is 21.6 Å². The monoisotopic (exact) mass is 385 g/mol. The number of hydrogen-bond donors (Lipinski definition) is 1. The third-order valence-electron chi connectivity index (χ3n) is 1.69. The molecule has 1 aromatic rings. The van der Waals surface area contributed by atoms with Gasteiger partial charge < -0.3 is 0 Å². The molecule has 0 amide bonds. The molecule has 102 valence electrons. The smallest absolute Gasteiger partial charge is 0.207 e. The number of alkyl halides is 3. The molecule has 1 rings (SSSR count). The Labute approximate surface area is 119 Å². The molecular formula is C8H5BrCl2F3NO2S. The molecular weight excluding hydrogens is 382 g/mol. The van der Waals surface area contributed by atoms with Crippen molar-refractivity contribution in [2.45, 2.75) is 11.1 Å². The highest BCUT2D eigenvalue weighted by Crippen LogP contribution is 2.32. The first kappa shape index (κ1) is 16.0. The molecule has 0 saturated heterocycles. The summed E-state index contributed by atoms with van der Waals surface area (Å²) in [5.41, 5.74) is 0. The summed E-state index contributed by atoms with van der Waals surface area (Å²) in [6, 6.07) is 2.44. The molecule has 1 N–H and O–H groups in total. The van der Waals surface area contributed by atoms with Gasteiger partial charge in [0.2, 0.25) is 10.0 Å². The van der Waals surface area contributed by atoms with Crippen LogP contribution in [0, 0.1) is 0 Å². The van der Waals surface area contributed by atoms with Gasteiger partial charge in [-0.3, -0.25) is 0 Å². The minimum Gasteiger partial charge on any atom is -0.207 e. The lowest BCUT2D eigenvalue weighted by molar-refractivity contribution is -0.121. The van der Waals surface area contributed by atoms with Gasteiger partial charge in [0.15, 0.2) is 0 Å². The number of hydrogen-bond acceptors (Lipinski definition) is 2. The van der Waals surface area contributed by atoms with E-state index in [0.717, 1.165) is 0 Å². The Hall–Kier alpha value is -0.0200. The predicted octanol–water partition coefficient (Wildman–Crippen LogP) is 3.60. The molecule has 0 aliphatic carbocycles. The van der Waals surface area contributed by atoms with Crippen molar-refractivity contribution >= 4 is 49.2 Å². The fourth-order valence-corrected chi connectivity index (χ4v) is 3.98. The molecule has 0 atom stereocenters. The van der Waals surface area contributed by atoms with Crippen molar-refractivity contribution in [3.8, 4) is 0 Å². The molecule has 0 bridgehead atoms. The number of rotatable bonds is 3. The Kier molecular flexibility index (Phi) is 4.93. The van der Waals surface area contributed by atoms with E-state index in [0.29, 0.717) is 4.47 Å². The first-order chi connectivity index (χ1) is 8.03. The zero-order valence-corrected chi connectivity index (χ0v) is 12.3. The summed E-state index contributed by atoms with van der Waals surface area (Å²) >= 11 is 14.3. The first-order valence-electron chi connectivity index (χ1n) is 4.24. The van der Waals surface area contributed by atoms with E-state index < -0.39 is 27.6 Å². The molecule has 0 aliphatic rings. The van der Waals surface area contributed by atoms with Crippen LogP contribution in [-0.2, 0) is 10.0 Å². The number of halogens is 6. The van der Waals surface area contributed by atoms with Gasteiger partial charge in [-0.05, 0) is 12.1 Å². The second-order valence-corrected chi connectivity index (χ2v) is 6.57. The molecule has 3 nitrogen and oxygen atoms in total. The van der Waals surface area contributed by atoms with Crippen LogP contribution in [0.2, 0.25) is 10.0 Å². The third-order valence-corrected chi connectivity index (χ3v) is 4.47. The van der Waals surface area contributed by atoms with Crippen LogP contribution in [0.25, 0.3) is 0 Å². The maximum atomic E-state index is 12.0. The first-order valence-corrected chi connectivity index (χ1v) is 7.27. The van der Waals surface area contributed by atoms with E-state index in [1.165, 1.54) is 16.9 Å².